The molecule has 7 heteroatoms. The number of methoxy groups -OCH3 is 1. The molecule has 1 aromatic rings. The maximum Gasteiger partial charge on any atom is 0.239 e. The molecule has 138 valence electrons. The van der Waals surface area contributed by atoms with Crippen molar-refractivity contribution in [1.82, 2.24) is 15.5 Å². The molecular weight excluding hydrogens is 320 g/mol. The Bertz CT molecular complexity index is 583. The zero-order valence-corrected chi connectivity index (χ0v) is 15.2. The van der Waals surface area contributed by atoms with Crippen LogP contribution in [-0.4, -0.2) is 69.1 Å². The van der Waals surface area contributed by atoms with Gasteiger partial charge in [-0.3, -0.25) is 14.5 Å². The topological polar surface area (TPSA) is 73.9 Å². The van der Waals surface area contributed by atoms with Gasteiger partial charge in [0, 0.05) is 32.2 Å². The van der Waals surface area contributed by atoms with E-state index in [1.807, 2.05) is 32.0 Å². The summed E-state index contributed by atoms with van der Waals surface area (Å²) >= 11 is 0. The summed E-state index contributed by atoms with van der Waals surface area (Å²) in [5.41, 5.74) is 1.08. The van der Waals surface area contributed by atoms with E-state index in [9.17, 15) is 9.59 Å². The normalized spacial score (nSPS) is 15.1. The number of anilines is 1. The van der Waals surface area contributed by atoms with Crippen LogP contribution < -0.4 is 20.3 Å². The molecule has 1 aromatic carbocycles. The fraction of sp³-hybridized carbons (Fsp3) is 0.556. The summed E-state index contributed by atoms with van der Waals surface area (Å²) in [6.45, 7) is 7.38. The van der Waals surface area contributed by atoms with Crippen LogP contribution in [0.5, 0.6) is 5.75 Å². The number of nitrogens with one attached hydrogen (secondary N) is 2. The van der Waals surface area contributed by atoms with E-state index in [4.69, 9.17) is 4.74 Å². The lowest BCUT2D eigenvalue weighted by atomic mass is 10.2. The van der Waals surface area contributed by atoms with Gasteiger partial charge in [-0.05, 0) is 26.0 Å². The Labute approximate surface area is 149 Å². The Hall–Kier alpha value is -2.28. The van der Waals surface area contributed by atoms with Crippen molar-refractivity contribution >= 4 is 17.5 Å². The summed E-state index contributed by atoms with van der Waals surface area (Å²) < 4.78 is 5.41. The zero-order chi connectivity index (χ0) is 18.2. The fourth-order valence-electron chi connectivity index (χ4n) is 2.85. The number of hydrogen-bond donors (Lipinski definition) is 2. The maximum atomic E-state index is 12.0. The molecular formula is C18H28N4O3. The summed E-state index contributed by atoms with van der Waals surface area (Å²) in [6, 6.07) is 8.04. The van der Waals surface area contributed by atoms with Crippen molar-refractivity contribution in [3.63, 3.8) is 0 Å². The molecule has 0 unspecified atom stereocenters. The van der Waals surface area contributed by atoms with Crippen LogP contribution in [0.25, 0.3) is 0 Å². The predicted molar refractivity (Wildman–Crippen MR) is 97.9 cm³/mol. The second-order valence-electron chi connectivity index (χ2n) is 6.43. The SMILES string of the molecule is COc1ccccc1N1CCN(CC(=O)NCC(=O)NC(C)C)CC1. The summed E-state index contributed by atoms with van der Waals surface area (Å²) in [5, 5.41) is 5.42. The summed E-state index contributed by atoms with van der Waals surface area (Å²) in [7, 11) is 1.68. The number of rotatable bonds is 7. The van der Waals surface area contributed by atoms with Gasteiger partial charge in [0.15, 0.2) is 0 Å². The number of ether oxygens (including phenoxy) is 1. The van der Waals surface area contributed by atoms with Gasteiger partial charge in [0.05, 0.1) is 25.9 Å². The van der Waals surface area contributed by atoms with E-state index in [0.29, 0.717) is 6.54 Å². The molecule has 1 heterocycles. The number of nitrogens with zero attached hydrogens (tertiary/aromatic N) is 2. The Morgan fingerprint density at radius 3 is 2.44 bits per heavy atom. The smallest absolute Gasteiger partial charge is 0.239 e. The molecule has 0 aliphatic carbocycles. The fourth-order valence-corrected chi connectivity index (χ4v) is 2.85. The first-order chi connectivity index (χ1) is 12.0. The Morgan fingerprint density at radius 2 is 1.80 bits per heavy atom. The molecule has 1 aliphatic rings. The minimum absolute atomic E-state index is 0.0260. The first-order valence-electron chi connectivity index (χ1n) is 8.66. The molecule has 0 bridgehead atoms. The summed E-state index contributed by atoms with van der Waals surface area (Å²) in [4.78, 5) is 27.9. The molecule has 2 N–H and O–H groups in total. The van der Waals surface area contributed by atoms with E-state index in [0.717, 1.165) is 37.6 Å². The Balaban J connectivity index is 1.75. The standard InChI is InChI=1S/C18H28N4O3/c1-14(2)20-17(23)12-19-18(24)13-21-8-10-22(11-9-21)15-6-4-5-7-16(15)25-3/h4-7,14H,8-13H2,1-3H3,(H,19,24)(H,20,23). The molecule has 2 rings (SSSR count). The average molecular weight is 348 g/mol. The van der Waals surface area contributed by atoms with Crippen LogP contribution in [-0.2, 0) is 9.59 Å². The molecule has 0 radical (unpaired) electrons. The lowest BCUT2D eigenvalue weighted by Crippen LogP contribution is -2.50. The molecule has 0 atom stereocenters. The van der Waals surface area contributed by atoms with E-state index in [2.05, 4.69) is 26.5 Å². The third-order valence-electron chi connectivity index (χ3n) is 4.06. The molecule has 2 amide bonds. The molecule has 1 saturated heterocycles. The summed E-state index contributed by atoms with van der Waals surface area (Å²) in [5.74, 6) is 0.582. The first kappa shape index (κ1) is 19.1. The van der Waals surface area contributed by atoms with E-state index in [-0.39, 0.29) is 24.4 Å². The van der Waals surface area contributed by atoms with Crippen molar-refractivity contribution < 1.29 is 14.3 Å². The number of hydrogen-bond acceptors (Lipinski definition) is 5. The minimum atomic E-state index is -0.163. The Morgan fingerprint density at radius 1 is 1.12 bits per heavy atom. The molecule has 0 aromatic heterocycles. The molecule has 25 heavy (non-hydrogen) atoms. The van der Waals surface area contributed by atoms with Crippen LogP contribution in [0.3, 0.4) is 0 Å². The van der Waals surface area contributed by atoms with E-state index < -0.39 is 0 Å². The lowest BCUT2D eigenvalue weighted by molar-refractivity contribution is -0.127. The molecule has 0 saturated carbocycles. The zero-order valence-electron chi connectivity index (χ0n) is 15.2. The van der Waals surface area contributed by atoms with Gasteiger partial charge in [0.1, 0.15) is 5.75 Å². The molecule has 7 nitrogen and oxygen atoms in total. The number of amides is 2. The first-order valence-corrected chi connectivity index (χ1v) is 8.66. The van der Waals surface area contributed by atoms with Gasteiger partial charge in [0.2, 0.25) is 11.8 Å². The molecule has 0 spiro atoms. The van der Waals surface area contributed by atoms with Crippen LogP contribution in [0.2, 0.25) is 0 Å². The van der Waals surface area contributed by atoms with Gasteiger partial charge in [-0.15, -0.1) is 0 Å². The third-order valence-corrected chi connectivity index (χ3v) is 4.06. The van der Waals surface area contributed by atoms with Crippen molar-refractivity contribution in [3.8, 4) is 5.75 Å². The highest BCUT2D eigenvalue weighted by atomic mass is 16.5. The largest absolute Gasteiger partial charge is 0.495 e. The van der Waals surface area contributed by atoms with Crippen molar-refractivity contribution in [2.24, 2.45) is 0 Å². The van der Waals surface area contributed by atoms with Crippen LogP contribution in [0, 0.1) is 0 Å². The van der Waals surface area contributed by atoms with E-state index in [1.54, 1.807) is 7.11 Å². The van der Waals surface area contributed by atoms with E-state index in [1.165, 1.54) is 0 Å². The van der Waals surface area contributed by atoms with Gasteiger partial charge < -0.3 is 20.3 Å². The third kappa shape index (κ3) is 5.94. The highest BCUT2D eigenvalue weighted by Crippen LogP contribution is 2.28. The Kier molecular flexibility index (Phi) is 7.06. The van der Waals surface area contributed by atoms with Crippen molar-refractivity contribution in [3.05, 3.63) is 24.3 Å². The minimum Gasteiger partial charge on any atom is -0.495 e. The number of benzene rings is 1. The van der Waals surface area contributed by atoms with Crippen molar-refractivity contribution in [2.75, 3.05) is 51.3 Å². The number of piperazine rings is 1. The molecule has 1 fully saturated rings. The average Bonchev–Trinajstić information content (AvgIpc) is 2.60. The van der Waals surface area contributed by atoms with Gasteiger partial charge in [-0.2, -0.15) is 0 Å². The number of carbonyl (C=O) groups excluding carboxylic acids is 2. The van der Waals surface area contributed by atoms with Gasteiger partial charge in [-0.25, -0.2) is 0 Å². The van der Waals surface area contributed by atoms with E-state index >= 15 is 0 Å². The van der Waals surface area contributed by atoms with Crippen molar-refractivity contribution in [1.29, 1.82) is 0 Å². The highest BCUT2D eigenvalue weighted by Gasteiger charge is 2.21. The number of para-hydroxylation sites is 2. The molecule has 1 aliphatic heterocycles. The number of carbonyl (C=O) groups is 2. The highest BCUT2D eigenvalue weighted by molar-refractivity contribution is 5.85. The van der Waals surface area contributed by atoms with Crippen LogP contribution in [0.15, 0.2) is 24.3 Å². The van der Waals surface area contributed by atoms with Gasteiger partial charge in [-0.1, -0.05) is 12.1 Å². The quantitative estimate of drug-likeness (QED) is 0.749. The lowest BCUT2D eigenvalue weighted by Gasteiger charge is -2.36. The van der Waals surface area contributed by atoms with Crippen molar-refractivity contribution in [2.45, 2.75) is 19.9 Å². The van der Waals surface area contributed by atoms with Crippen LogP contribution in [0.1, 0.15) is 13.8 Å². The second kappa shape index (κ2) is 9.27. The maximum absolute atomic E-state index is 12.0. The van der Waals surface area contributed by atoms with Crippen LogP contribution in [0.4, 0.5) is 5.69 Å². The van der Waals surface area contributed by atoms with Gasteiger partial charge >= 0.3 is 0 Å². The predicted octanol–water partition coefficient (Wildman–Crippen LogP) is 0.458. The monoisotopic (exact) mass is 348 g/mol. The second-order valence-corrected chi connectivity index (χ2v) is 6.43. The van der Waals surface area contributed by atoms with Crippen LogP contribution >= 0.6 is 0 Å². The summed E-state index contributed by atoms with van der Waals surface area (Å²) in [6.07, 6.45) is 0. The van der Waals surface area contributed by atoms with Gasteiger partial charge in [0.25, 0.3) is 0 Å².